The third-order valence-corrected chi connectivity index (χ3v) is 2.90. The van der Waals surface area contributed by atoms with Gasteiger partial charge < -0.3 is 5.73 Å². The van der Waals surface area contributed by atoms with Crippen molar-refractivity contribution in [1.82, 2.24) is 0 Å². The van der Waals surface area contributed by atoms with E-state index in [2.05, 4.69) is 0 Å². The van der Waals surface area contributed by atoms with Crippen molar-refractivity contribution in [2.75, 3.05) is 0 Å². The fourth-order valence-electron chi connectivity index (χ4n) is 1.32. The molecule has 0 fully saturated rings. The highest BCUT2D eigenvalue weighted by Crippen LogP contribution is 2.45. The predicted molar refractivity (Wildman–Crippen MR) is 61.3 cm³/mol. The SMILES string of the molecule is Cc1ccc(F)c([C@H](N)C(F)(F)C(F)(F)F)c1Cl.Cl. The van der Waals surface area contributed by atoms with Crippen LogP contribution in [0.4, 0.5) is 26.3 Å². The lowest BCUT2D eigenvalue weighted by Crippen LogP contribution is -2.46. The maximum atomic E-state index is 13.3. The second-order valence-electron chi connectivity index (χ2n) is 3.69. The first-order valence-electron chi connectivity index (χ1n) is 4.64. The molecule has 19 heavy (non-hydrogen) atoms. The predicted octanol–water partition coefficient (Wildman–Crippen LogP) is 4.41. The fraction of sp³-hybridized carbons (Fsp3) is 0.400. The summed E-state index contributed by atoms with van der Waals surface area (Å²) in [6.07, 6.45) is -5.88. The minimum Gasteiger partial charge on any atom is -0.319 e. The zero-order valence-electron chi connectivity index (χ0n) is 9.36. The van der Waals surface area contributed by atoms with Gasteiger partial charge in [0.05, 0.1) is 5.02 Å². The molecular formula is C10H9Cl2F6N. The molecule has 2 N–H and O–H groups in total. The van der Waals surface area contributed by atoms with Crippen LogP contribution in [0, 0.1) is 12.7 Å². The molecule has 1 aromatic carbocycles. The average Bonchev–Trinajstić information content (AvgIpc) is 2.22. The van der Waals surface area contributed by atoms with Crippen LogP contribution in [-0.4, -0.2) is 12.1 Å². The third-order valence-electron chi connectivity index (χ3n) is 2.40. The van der Waals surface area contributed by atoms with Gasteiger partial charge in [-0.2, -0.15) is 22.0 Å². The minimum atomic E-state index is -5.88. The molecule has 1 atom stereocenters. The van der Waals surface area contributed by atoms with Crippen molar-refractivity contribution in [3.8, 4) is 0 Å². The van der Waals surface area contributed by atoms with Gasteiger partial charge >= 0.3 is 12.1 Å². The van der Waals surface area contributed by atoms with E-state index >= 15 is 0 Å². The van der Waals surface area contributed by atoms with E-state index in [4.69, 9.17) is 17.3 Å². The van der Waals surface area contributed by atoms with Gasteiger partial charge in [-0.05, 0) is 18.6 Å². The van der Waals surface area contributed by atoms with Gasteiger partial charge in [0, 0.05) is 5.56 Å². The molecule has 0 aliphatic rings. The summed E-state index contributed by atoms with van der Waals surface area (Å²) in [5, 5.41) is -0.536. The Balaban J connectivity index is 0.00000324. The highest BCUT2D eigenvalue weighted by Gasteiger charge is 2.62. The van der Waals surface area contributed by atoms with Crippen molar-refractivity contribution in [2.24, 2.45) is 5.73 Å². The number of benzene rings is 1. The summed E-state index contributed by atoms with van der Waals surface area (Å²) in [5.41, 5.74) is 3.95. The Hall–Kier alpha value is -0.660. The lowest BCUT2D eigenvalue weighted by atomic mass is 9.98. The van der Waals surface area contributed by atoms with Crippen LogP contribution >= 0.6 is 24.0 Å². The molecule has 0 heterocycles. The summed E-state index contributed by atoms with van der Waals surface area (Å²) in [4.78, 5) is 0. The van der Waals surface area contributed by atoms with E-state index in [0.29, 0.717) is 0 Å². The van der Waals surface area contributed by atoms with Crippen molar-refractivity contribution >= 4 is 24.0 Å². The topological polar surface area (TPSA) is 26.0 Å². The number of aryl methyl sites for hydroxylation is 1. The van der Waals surface area contributed by atoms with Crippen LogP contribution in [0.2, 0.25) is 5.02 Å². The van der Waals surface area contributed by atoms with E-state index in [0.717, 1.165) is 12.1 Å². The maximum Gasteiger partial charge on any atom is 0.455 e. The summed E-state index contributed by atoms with van der Waals surface area (Å²) in [6.45, 7) is 1.34. The first-order valence-corrected chi connectivity index (χ1v) is 5.02. The van der Waals surface area contributed by atoms with E-state index in [1.54, 1.807) is 0 Å². The highest BCUT2D eigenvalue weighted by molar-refractivity contribution is 6.32. The molecule has 0 aliphatic heterocycles. The van der Waals surface area contributed by atoms with Crippen LogP contribution in [0.15, 0.2) is 12.1 Å². The molecule has 0 saturated carbocycles. The quantitative estimate of drug-likeness (QED) is 0.800. The van der Waals surface area contributed by atoms with E-state index < -0.39 is 34.5 Å². The van der Waals surface area contributed by atoms with Gasteiger partial charge in [-0.25, -0.2) is 4.39 Å². The van der Waals surface area contributed by atoms with Crippen LogP contribution < -0.4 is 5.73 Å². The second kappa shape index (κ2) is 5.76. The molecule has 1 aromatic rings. The van der Waals surface area contributed by atoms with Crippen LogP contribution in [0.25, 0.3) is 0 Å². The van der Waals surface area contributed by atoms with Gasteiger partial charge in [0.25, 0.3) is 0 Å². The zero-order valence-corrected chi connectivity index (χ0v) is 10.9. The molecule has 1 rings (SSSR count). The standard InChI is InChI=1S/C10H8ClF6N.ClH/c1-4-2-3-5(12)6(7(4)11)8(18)9(13,14)10(15,16)17;/h2-3,8H,18H2,1H3;1H/t8-;/m0./s1. The Morgan fingerprint density at radius 2 is 1.63 bits per heavy atom. The molecular weight excluding hydrogens is 319 g/mol. The van der Waals surface area contributed by atoms with Gasteiger partial charge in [0.15, 0.2) is 0 Å². The van der Waals surface area contributed by atoms with Gasteiger partial charge in [0.1, 0.15) is 11.9 Å². The van der Waals surface area contributed by atoms with Gasteiger partial charge in [-0.15, -0.1) is 12.4 Å². The van der Waals surface area contributed by atoms with E-state index in [9.17, 15) is 26.3 Å². The Kier molecular flexibility index (Phi) is 5.56. The number of alkyl halides is 5. The van der Waals surface area contributed by atoms with E-state index in [1.807, 2.05) is 0 Å². The molecule has 0 amide bonds. The zero-order chi connectivity index (χ0) is 14.3. The summed E-state index contributed by atoms with van der Waals surface area (Å²) in [7, 11) is 0. The molecule has 0 saturated heterocycles. The number of hydrogen-bond acceptors (Lipinski definition) is 1. The van der Waals surface area contributed by atoms with Crippen molar-refractivity contribution in [2.45, 2.75) is 25.1 Å². The second-order valence-corrected chi connectivity index (χ2v) is 4.07. The highest BCUT2D eigenvalue weighted by atomic mass is 35.5. The normalized spacial score (nSPS) is 13.9. The number of halogens is 8. The summed E-state index contributed by atoms with van der Waals surface area (Å²) in [5.74, 6) is -6.58. The Labute approximate surface area is 116 Å². The van der Waals surface area contributed by atoms with Gasteiger partial charge in [-0.1, -0.05) is 17.7 Å². The lowest BCUT2D eigenvalue weighted by Gasteiger charge is -2.27. The Bertz CT molecular complexity index is 460. The Morgan fingerprint density at radius 1 is 1.16 bits per heavy atom. The van der Waals surface area contributed by atoms with E-state index in [-0.39, 0.29) is 18.0 Å². The average molecular weight is 328 g/mol. The molecule has 0 aliphatic carbocycles. The van der Waals surface area contributed by atoms with Crippen LogP contribution in [0.3, 0.4) is 0 Å². The first kappa shape index (κ1) is 18.3. The molecule has 0 radical (unpaired) electrons. The molecule has 110 valence electrons. The third kappa shape index (κ3) is 3.27. The van der Waals surface area contributed by atoms with Crippen LogP contribution in [0.5, 0.6) is 0 Å². The fourth-order valence-corrected chi connectivity index (χ4v) is 1.59. The van der Waals surface area contributed by atoms with Crippen LogP contribution in [-0.2, 0) is 0 Å². The molecule has 1 nitrogen and oxygen atoms in total. The lowest BCUT2D eigenvalue weighted by molar-refractivity contribution is -0.291. The largest absolute Gasteiger partial charge is 0.455 e. The molecule has 0 unspecified atom stereocenters. The van der Waals surface area contributed by atoms with Crippen LogP contribution in [0.1, 0.15) is 17.2 Å². The molecule has 0 spiro atoms. The monoisotopic (exact) mass is 327 g/mol. The summed E-state index contributed by atoms with van der Waals surface area (Å²) in [6, 6.07) is -1.01. The smallest absolute Gasteiger partial charge is 0.319 e. The Morgan fingerprint density at radius 3 is 2.05 bits per heavy atom. The van der Waals surface area contributed by atoms with Crippen molar-refractivity contribution < 1.29 is 26.3 Å². The summed E-state index contributed by atoms with van der Waals surface area (Å²) < 4.78 is 75.8. The number of nitrogens with two attached hydrogens (primary N) is 1. The minimum absolute atomic E-state index is 0. The molecule has 0 aromatic heterocycles. The number of rotatable bonds is 2. The van der Waals surface area contributed by atoms with Gasteiger partial charge in [0.2, 0.25) is 0 Å². The van der Waals surface area contributed by atoms with Crippen molar-refractivity contribution in [3.63, 3.8) is 0 Å². The summed E-state index contributed by atoms with van der Waals surface area (Å²) >= 11 is 5.53. The molecule has 9 heteroatoms. The van der Waals surface area contributed by atoms with Gasteiger partial charge in [-0.3, -0.25) is 0 Å². The van der Waals surface area contributed by atoms with Crippen molar-refractivity contribution in [1.29, 1.82) is 0 Å². The van der Waals surface area contributed by atoms with E-state index in [1.165, 1.54) is 6.92 Å². The van der Waals surface area contributed by atoms with Crippen molar-refractivity contribution in [3.05, 3.63) is 34.1 Å². The first-order chi connectivity index (χ1) is 8.00. The molecule has 0 bridgehead atoms. The number of hydrogen-bond donors (Lipinski definition) is 1. The maximum absolute atomic E-state index is 13.3.